The Morgan fingerprint density at radius 1 is 1.25 bits per heavy atom. The van der Waals surface area contributed by atoms with Crippen molar-refractivity contribution < 1.29 is 9.53 Å². The van der Waals surface area contributed by atoms with Gasteiger partial charge < -0.3 is 9.64 Å². The lowest BCUT2D eigenvalue weighted by Crippen LogP contribution is -2.46. The maximum Gasteiger partial charge on any atom is 0.332 e. The summed E-state index contributed by atoms with van der Waals surface area (Å²) in [4.78, 5) is 44.7. The Bertz CT molecular complexity index is 1000. The van der Waals surface area contributed by atoms with E-state index in [9.17, 15) is 14.4 Å². The smallest absolute Gasteiger partial charge is 0.332 e. The molecule has 0 spiro atoms. The highest BCUT2D eigenvalue weighted by molar-refractivity contribution is 5.83. The predicted molar refractivity (Wildman–Crippen MR) is 107 cm³/mol. The fourth-order valence-corrected chi connectivity index (χ4v) is 3.66. The van der Waals surface area contributed by atoms with Crippen LogP contribution in [0.25, 0.3) is 11.0 Å². The summed E-state index contributed by atoms with van der Waals surface area (Å²) in [5.74, 6) is 0.833. The van der Waals surface area contributed by atoms with Crippen molar-refractivity contribution in [3.8, 4) is 5.75 Å². The molecule has 1 amide bonds. The highest BCUT2D eigenvalue weighted by Crippen LogP contribution is 2.25. The van der Waals surface area contributed by atoms with Gasteiger partial charge in [0.05, 0.1) is 6.61 Å². The van der Waals surface area contributed by atoms with E-state index in [0.29, 0.717) is 37.8 Å². The van der Waals surface area contributed by atoms with Crippen molar-refractivity contribution in [2.75, 3.05) is 19.7 Å². The van der Waals surface area contributed by atoms with Crippen molar-refractivity contribution in [1.82, 2.24) is 19.0 Å². The first-order chi connectivity index (χ1) is 13.4. The van der Waals surface area contributed by atoms with Crippen LogP contribution < -0.4 is 16.0 Å². The third-order valence-electron chi connectivity index (χ3n) is 5.48. The average Bonchev–Trinajstić information content (AvgIpc) is 2.69. The molecule has 0 bridgehead atoms. The van der Waals surface area contributed by atoms with Crippen molar-refractivity contribution in [3.05, 3.63) is 32.6 Å². The van der Waals surface area contributed by atoms with E-state index in [1.54, 1.807) is 18.1 Å². The summed E-state index contributed by atoms with van der Waals surface area (Å²) >= 11 is 0. The Kier molecular flexibility index (Phi) is 5.86. The molecule has 3 rings (SSSR count). The van der Waals surface area contributed by atoms with E-state index in [1.165, 1.54) is 4.57 Å². The number of amides is 1. The van der Waals surface area contributed by atoms with Gasteiger partial charge in [0.25, 0.3) is 5.56 Å². The van der Waals surface area contributed by atoms with Crippen molar-refractivity contribution >= 4 is 16.9 Å². The monoisotopic (exact) mass is 388 g/mol. The van der Waals surface area contributed by atoms with Crippen molar-refractivity contribution in [1.29, 1.82) is 0 Å². The maximum atomic E-state index is 13.2. The third kappa shape index (κ3) is 3.55. The summed E-state index contributed by atoms with van der Waals surface area (Å²) < 4.78 is 8.06. The fourth-order valence-electron chi connectivity index (χ4n) is 3.66. The number of aryl methyl sites for hydroxylation is 2. The van der Waals surface area contributed by atoms with Crippen LogP contribution in [0.3, 0.4) is 0 Å². The van der Waals surface area contributed by atoms with E-state index in [0.717, 1.165) is 23.0 Å². The van der Waals surface area contributed by atoms with Gasteiger partial charge in [0.2, 0.25) is 5.91 Å². The van der Waals surface area contributed by atoms with Crippen LogP contribution in [0.15, 0.2) is 15.8 Å². The van der Waals surface area contributed by atoms with Gasteiger partial charge in [0, 0.05) is 31.9 Å². The zero-order chi connectivity index (χ0) is 20.4. The number of ether oxygens (including phenoxy) is 1. The van der Waals surface area contributed by atoms with Crippen LogP contribution in [0.4, 0.5) is 0 Å². The van der Waals surface area contributed by atoms with E-state index in [2.05, 4.69) is 11.9 Å². The molecule has 152 valence electrons. The molecule has 1 fully saturated rings. The number of fused-ring (bicyclic) bond motifs is 1. The van der Waals surface area contributed by atoms with Gasteiger partial charge in [0.1, 0.15) is 17.7 Å². The molecule has 1 aliphatic heterocycles. The second-order valence-corrected chi connectivity index (χ2v) is 7.39. The molecule has 2 aromatic heterocycles. The molecule has 2 aromatic rings. The van der Waals surface area contributed by atoms with Crippen LogP contribution in [0.5, 0.6) is 5.75 Å². The first-order valence-corrected chi connectivity index (χ1v) is 9.90. The Morgan fingerprint density at radius 2 is 1.93 bits per heavy atom. The summed E-state index contributed by atoms with van der Waals surface area (Å²) in [7, 11) is 1.56. The Morgan fingerprint density at radius 3 is 2.54 bits per heavy atom. The molecule has 0 unspecified atom stereocenters. The molecule has 1 saturated heterocycles. The maximum absolute atomic E-state index is 13.2. The fraction of sp³-hybridized carbons (Fsp3) is 0.600. The van der Waals surface area contributed by atoms with Crippen molar-refractivity contribution in [2.45, 2.75) is 46.6 Å². The van der Waals surface area contributed by atoms with Gasteiger partial charge in [-0.25, -0.2) is 14.3 Å². The zero-order valence-corrected chi connectivity index (χ0v) is 17.0. The van der Waals surface area contributed by atoms with Crippen LogP contribution >= 0.6 is 0 Å². The summed E-state index contributed by atoms with van der Waals surface area (Å²) in [5.41, 5.74) is -0.00218. The number of hydrogen-bond acceptors (Lipinski definition) is 5. The quantitative estimate of drug-likeness (QED) is 0.771. The van der Waals surface area contributed by atoms with Crippen LogP contribution in [-0.4, -0.2) is 44.6 Å². The largest absolute Gasteiger partial charge is 0.493 e. The molecule has 0 saturated carbocycles. The highest BCUT2D eigenvalue weighted by Gasteiger charge is 2.24. The molecule has 8 heteroatoms. The number of hydrogen-bond donors (Lipinski definition) is 0. The van der Waals surface area contributed by atoms with E-state index >= 15 is 0 Å². The number of likely N-dealkylation sites (tertiary alicyclic amines) is 1. The van der Waals surface area contributed by atoms with E-state index in [4.69, 9.17) is 4.74 Å². The van der Waals surface area contributed by atoms with Gasteiger partial charge >= 0.3 is 5.69 Å². The van der Waals surface area contributed by atoms with Gasteiger partial charge in [0.15, 0.2) is 5.65 Å². The first-order valence-electron chi connectivity index (χ1n) is 9.90. The Labute approximate surface area is 163 Å². The van der Waals surface area contributed by atoms with Gasteiger partial charge in [-0.15, -0.1) is 0 Å². The molecular weight excluding hydrogens is 360 g/mol. The summed E-state index contributed by atoms with van der Waals surface area (Å²) in [5, 5.41) is 0.253. The standard InChI is InChI=1S/C20H28N4O4/c1-5-14-11-21-18-16(17(14)28-6-2)19(26)24(20(27)22(18)4)12-15(25)23-9-7-13(3)8-10-23/h11,13H,5-10,12H2,1-4H3. The molecule has 0 radical (unpaired) electrons. The summed E-state index contributed by atoms with van der Waals surface area (Å²) in [6.07, 6.45) is 4.16. The first kappa shape index (κ1) is 20.1. The van der Waals surface area contributed by atoms with E-state index < -0.39 is 11.2 Å². The normalized spacial score (nSPS) is 15.2. The van der Waals surface area contributed by atoms with Crippen molar-refractivity contribution in [3.63, 3.8) is 0 Å². The highest BCUT2D eigenvalue weighted by atomic mass is 16.5. The minimum absolute atomic E-state index is 0.206. The number of nitrogens with zero attached hydrogens (tertiary/aromatic N) is 4. The number of pyridine rings is 1. The average molecular weight is 388 g/mol. The minimum atomic E-state index is -0.546. The number of carbonyl (C=O) groups is 1. The molecule has 0 atom stereocenters. The number of carbonyl (C=O) groups excluding carboxylic acids is 1. The van der Waals surface area contributed by atoms with Crippen molar-refractivity contribution in [2.24, 2.45) is 13.0 Å². The molecule has 8 nitrogen and oxygen atoms in total. The second kappa shape index (κ2) is 8.16. The lowest BCUT2D eigenvalue weighted by molar-refractivity contribution is -0.133. The molecule has 0 N–H and O–H groups in total. The Hall–Kier alpha value is -2.64. The van der Waals surface area contributed by atoms with Gasteiger partial charge in [-0.3, -0.25) is 14.2 Å². The van der Waals surface area contributed by atoms with Gasteiger partial charge in [-0.05, 0) is 32.1 Å². The molecule has 28 heavy (non-hydrogen) atoms. The third-order valence-corrected chi connectivity index (χ3v) is 5.48. The second-order valence-electron chi connectivity index (χ2n) is 7.39. The molecule has 0 aromatic carbocycles. The van der Waals surface area contributed by atoms with E-state index in [-0.39, 0.29) is 23.5 Å². The SMILES string of the molecule is CCOc1c(CC)cnc2c1c(=O)n(CC(=O)N1CCC(C)CC1)c(=O)n2C. The minimum Gasteiger partial charge on any atom is -0.493 e. The van der Waals surface area contributed by atoms with Crippen LogP contribution in [0.2, 0.25) is 0 Å². The van der Waals surface area contributed by atoms with Gasteiger partial charge in [-0.2, -0.15) is 0 Å². The van der Waals surface area contributed by atoms with Gasteiger partial charge in [-0.1, -0.05) is 13.8 Å². The Balaban J connectivity index is 2.10. The molecule has 1 aliphatic rings. The van der Waals surface area contributed by atoms with Crippen LogP contribution in [0, 0.1) is 5.92 Å². The molecule has 3 heterocycles. The summed E-state index contributed by atoms with van der Waals surface area (Å²) in [6.45, 7) is 7.40. The molecular formula is C20H28N4O4. The lowest BCUT2D eigenvalue weighted by Gasteiger charge is -2.30. The van der Waals surface area contributed by atoms with Crippen LogP contribution in [-0.2, 0) is 24.8 Å². The number of piperidine rings is 1. The lowest BCUT2D eigenvalue weighted by atomic mass is 9.99. The molecule has 0 aliphatic carbocycles. The topological polar surface area (TPSA) is 86.4 Å². The number of aromatic nitrogens is 3. The number of rotatable bonds is 5. The van der Waals surface area contributed by atoms with Crippen LogP contribution in [0.1, 0.15) is 39.2 Å². The summed E-state index contributed by atoms with van der Waals surface area (Å²) in [6, 6.07) is 0. The predicted octanol–water partition coefficient (Wildman–Crippen LogP) is 1.31. The zero-order valence-electron chi connectivity index (χ0n) is 17.0. The van der Waals surface area contributed by atoms with E-state index in [1.807, 2.05) is 13.8 Å².